The third kappa shape index (κ3) is 3.34. The van der Waals surface area contributed by atoms with Gasteiger partial charge in [-0.25, -0.2) is 0 Å². The smallest absolute Gasteiger partial charge is 0.181 e. The van der Waals surface area contributed by atoms with Gasteiger partial charge in [0.1, 0.15) is 5.69 Å². The number of aromatic nitrogens is 1. The van der Waals surface area contributed by atoms with Crippen molar-refractivity contribution >= 4 is 5.78 Å². The number of nitrogens with zero attached hydrogens (tertiary/aromatic N) is 1. The number of unbranched alkanes of at least 4 members (excludes halogenated alkanes) is 1. The van der Waals surface area contributed by atoms with Crippen LogP contribution in [0.1, 0.15) is 29.8 Å². The van der Waals surface area contributed by atoms with Crippen molar-refractivity contribution < 1.29 is 4.79 Å². The third-order valence-corrected chi connectivity index (χ3v) is 1.81. The van der Waals surface area contributed by atoms with Crippen LogP contribution < -0.4 is 5.73 Å². The quantitative estimate of drug-likeness (QED) is 0.547. The Morgan fingerprint density at radius 1 is 1.38 bits per heavy atom. The zero-order valence-electron chi connectivity index (χ0n) is 7.57. The van der Waals surface area contributed by atoms with E-state index in [0.29, 0.717) is 18.7 Å². The summed E-state index contributed by atoms with van der Waals surface area (Å²) in [5.74, 6) is 0.106. The molecule has 3 heteroatoms. The van der Waals surface area contributed by atoms with Gasteiger partial charge in [-0.1, -0.05) is 6.07 Å². The molecule has 1 aromatic rings. The lowest BCUT2D eigenvalue weighted by atomic mass is 10.1. The number of hydrogen-bond acceptors (Lipinski definition) is 3. The van der Waals surface area contributed by atoms with E-state index in [1.807, 2.05) is 6.07 Å². The Hall–Kier alpha value is -1.22. The monoisotopic (exact) mass is 178 g/mol. The molecule has 0 unspecified atom stereocenters. The molecular weight excluding hydrogens is 164 g/mol. The minimum Gasteiger partial charge on any atom is -0.330 e. The van der Waals surface area contributed by atoms with Crippen molar-refractivity contribution in [2.24, 2.45) is 5.73 Å². The molecule has 0 radical (unpaired) electrons. The molecule has 1 rings (SSSR count). The lowest BCUT2D eigenvalue weighted by molar-refractivity contribution is 0.0975. The van der Waals surface area contributed by atoms with E-state index in [2.05, 4.69) is 4.98 Å². The Labute approximate surface area is 78.0 Å². The lowest BCUT2D eigenvalue weighted by Crippen LogP contribution is -2.04. The van der Waals surface area contributed by atoms with E-state index in [9.17, 15) is 4.79 Å². The number of rotatable bonds is 5. The first-order valence-corrected chi connectivity index (χ1v) is 4.49. The number of carbonyl (C=O) groups excluding carboxylic acids is 1. The van der Waals surface area contributed by atoms with Gasteiger partial charge in [0.25, 0.3) is 0 Å². The van der Waals surface area contributed by atoms with E-state index in [1.165, 1.54) is 0 Å². The minimum atomic E-state index is 0.106. The molecule has 0 aromatic carbocycles. The van der Waals surface area contributed by atoms with Gasteiger partial charge in [-0.3, -0.25) is 9.78 Å². The van der Waals surface area contributed by atoms with Gasteiger partial charge >= 0.3 is 0 Å². The SMILES string of the molecule is NCCCCC(=O)c1ccccn1. The molecular formula is C10H14N2O. The summed E-state index contributed by atoms with van der Waals surface area (Å²) in [5.41, 5.74) is 5.88. The molecule has 0 bridgehead atoms. The first kappa shape index (κ1) is 9.86. The third-order valence-electron chi connectivity index (χ3n) is 1.81. The highest BCUT2D eigenvalue weighted by Crippen LogP contribution is 2.02. The fourth-order valence-corrected chi connectivity index (χ4v) is 1.09. The fraction of sp³-hybridized carbons (Fsp3) is 0.400. The second-order valence-corrected chi connectivity index (χ2v) is 2.88. The Morgan fingerprint density at radius 3 is 2.85 bits per heavy atom. The summed E-state index contributed by atoms with van der Waals surface area (Å²) < 4.78 is 0. The number of carbonyl (C=O) groups is 1. The number of pyridine rings is 1. The molecule has 3 nitrogen and oxygen atoms in total. The average molecular weight is 178 g/mol. The van der Waals surface area contributed by atoms with Crippen LogP contribution in [0, 0.1) is 0 Å². The summed E-state index contributed by atoms with van der Waals surface area (Å²) in [5, 5.41) is 0. The highest BCUT2D eigenvalue weighted by atomic mass is 16.1. The van der Waals surface area contributed by atoms with Gasteiger partial charge in [0.2, 0.25) is 0 Å². The van der Waals surface area contributed by atoms with Crippen molar-refractivity contribution in [3.8, 4) is 0 Å². The van der Waals surface area contributed by atoms with Gasteiger partial charge in [0.05, 0.1) is 0 Å². The maximum Gasteiger partial charge on any atom is 0.181 e. The minimum absolute atomic E-state index is 0.106. The van der Waals surface area contributed by atoms with Gasteiger partial charge in [-0.15, -0.1) is 0 Å². The van der Waals surface area contributed by atoms with Gasteiger partial charge < -0.3 is 5.73 Å². The second kappa shape index (κ2) is 5.43. The van der Waals surface area contributed by atoms with Crippen molar-refractivity contribution in [2.45, 2.75) is 19.3 Å². The van der Waals surface area contributed by atoms with Crippen LogP contribution in [0.2, 0.25) is 0 Å². The predicted molar refractivity (Wildman–Crippen MR) is 51.5 cm³/mol. The summed E-state index contributed by atoms with van der Waals surface area (Å²) in [6.45, 7) is 0.648. The van der Waals surface area contributed by atoms with E-state index >= 15 is 0 Å². The van der Waals surface area contributed by atoms with E-state index in [1.54, 1.807) is 18.3 Å². The first-order chi connectivity index (χ1) is 6.34. The summed E-state index contributed by atoms with van der Waals surface area (Å²) in [7, 11) is 0. The molecule has 0 atom stereocenters. The van der Waals surface area contributed by atoms with Crippen molar-refractivity contribution in [2.75, 3.05) is 6.54 Å². The van der Waals surface area contributed by atoms with Crippen molar-refractivity contribution in [1.82, 2.24) is 4.98 Å². The van der Waals surface area contributed by atoms with Crippen LogP contribution in [0.25, 0.3) is 0 Å². The second-order valence-electron chi connectivity index (χ2n) is 2.88. The van der Waals surface area contributed by atoms with Crippen molar-refractivity contribution in [3.63, 3.8) is 0 Å². The molecule has 0 spiro atoms. The molecule has 1 aromatic heterocycles. The molecule has 0 saturated carbocycles. The summed E-state index contributed by atoms with van der Waals surface area (Å²) in [4.78, 5) is 15.4. The maximum absolute atomic E-state index is 11.4. The maximum atomic E-state index is 11.4. The molecule has 70 valence electrons. The number of nitrogens with two attached hydrogens (primary N) is 1. The van der Waals surface area contributed by atoms with E-state index in [0.717, 1.165) is 12.8 Å². The average Bonchev–Trinajstić information content (AvgIpc) is 2.19. The first-order valence-electron chi connectivity index (χ1n) is 4.49. The molecule has 0 saturated heterocycles. The highest BCUT2D eigenvalue weighted by molar-refractivity contribution is 5.94. The van der Waals surface area contributed by atoms with Crippen LogP contribution in [0.5, 0.6) is 0 Å². The van der Waals surface area contributed by atoms with Crippen molar-refractivity contribution in [3.05, 3.63) is 30.1 Å². The standard InChI is InChI=1S/C10H14N2O/c11-7-3-1-6-10(13)9-5-2-4-8-12-9/h2,4-5,8H,1,3,6-7,11H2. The lowest BCUT2D eigenvalue weighted by Gasteiger charge is -1.98. The van der Waals surface area contributed by atoms with Crippen LogP contribution in [0.3, 0.4) is 0 Å². The Balaban J connectivity index is 2.40. The van der Waals surface area contributed by atoms with Gasteiger partial charge in [-0.2, -0.15) is 0 Å². The Kier molecular flexibility index (Phi) is 4.12. The molecule has 13 heavy (non-hydrogen) atoms. The van der Waals surface area contributed by atoms with Crippen LogP contribution >= 0.6 is 0 Å². The van der Waals surface area contributed by atoms with Gasteiger partial charge in [0.15, 0.2) is 5.78 Å². The number of hydrogen-bond donors (Lipinski definition) is 1. The zero-order chi connectivity index (χ0) is 9.52. The van der Waals surface area contributed by atoms with Crippen LogP contribution in [-0.2, 0) is 0 Å². The van der Waals surface area contributed by atoms with Crippen LogP contribution in [-0.4, -0.2) is 17.3 Å². The largest absolute Gasteiger partial charge is 0.330 e. The molecule has 2 N–H and O–H groups in total. The molecule has 0 aliphatic carbocycles. The molecule has 1 heterocycles. The van der Waals surface area contributed by atoms with Crippen LogP contribution in [0.15, 0.2) is 24.4 Å². The Morgan fingerprint density at radius 2 is 2.23 bits per heavy atom. The molecule has 0 amide bonds. The topological polar surface area (TPSA) is 56.0 Å². The predicted octanol–water partition coefficient (Wildman–Crippen LogP) is 1.39. The molecule has 0 fully saturated rings. The normalized spacial score (nSPS) is 9.92. The highest BCUT2D eigenvalue weighted by Gasteiger charge is 2.04. The van der Waals surface area contributed by atoms with Gasteiger partial charge in [-0.05, 0) is 31.5 Å². The summed E-state index contributed by atoms with van der Waals surface area (Å²) in [6, 6.07) is 5.37. The molecule has 0 aliphatic rings. The van der Waals surface area contributed by atoms with E-state index in [4.69, 9.17) is 5.73 Å². The van der Waals surface area contributed by atoms with E-state index < -0.39 is 0 Å². The fourth-order valence-electron chi connectivity index (χ4n) is 1.09. The summed E-state index contributed by atoms with van der Waals surface area (Å²) >= 11 is 0. The van der Waals surface area contributed by atoms with Crippen molar-refractivity contribution in [1.29, 1.82) is 0 Å². The number of Topliss-reactive ketones (excluding diaryl/α,β-unsaturated/α-hetero) is 1. The number of ketones is 1. The Bertz CT molecular complexity index is 259. The summed E-state index contributed by atoms with van der Waals surface area (Å²) in [6.07, 6.45) is 3.94. The van der Waals surface area contributed by atoms with Crippen LogP contribution in [0.4, 0.5) is 0 Å². The molecule has 0 aliphatic heterocycles. The zero-order valence-corrected chi connectivity index (χ0v) is 7.57. The van der Waals surface area contributed by atoms with E-state index in [-0.39, 0.29) is 5.78 Å². The van der Waals surface area contributed by atoms with Gasteiger partial charge in [0, 0.05) is 12.6 Å².